The molecule has 1 amide bonds. The van der Waals surface area contributed by atoms with Gasteiger partial charge in [-0.2, -0.15) is 0 Å². The van der Waals surface area contributed by atoms with E-state index in [4.69, 9.17) is 4.42 Å². The molecular formula is C16H17N3O2. The number of amides is 1. The first kappa shape index (κ1) is 12.4. The van der Waals surface area contributed by atoms with Crippen molar-refractivity contribution in [2.45, 2.75) is 18.8 Å². The standard InChI is InChI=1S/C16H17N3O2/c1-11-8-17-14(21-11)15(20)19-7-6-16(10-19)9-18-13-5-3-2-4-12(13)16/h2-5,8,18H,6-7,9-10H2,1H3. The van der Waals surface area contributed by atoms with Gasteiger partial charge in [0.15, 0.2) is 0 Å². The fraction of sp³-hybridized carbons (Fsp3) is 0.375. The third-order valence-electron chi connectivity index (χ3n) is 4.56. The molecule has 2 aromatic rings. The lowest BCUT2D eigenvalue weighted by Crippen LogP contribution is -2.35. The lowest BCUT2D eigenvalue weighted by molar-refractivity contribution is 0.0744. The average molecular weight is 283 g/mol. The SMILES string of the molecule is Cc1cnc(C(=O)N2CCC3(CNc4ccccc43)C2)o1. The van der Waals surface area contributed by atoms with E-state index in [0.29, 0.717) is 5.76 Å². The number of likely N-dealkylation sites (tertiary alicyclic amines) is 1. The van der Waals surface area contributed by atoms with Gasteiger partial charge in [0.05, 0.1) is 6.20 Å². The highest BCUT2D eigenvalue weighted by atomic mass is 16.4. The molecule has 108 valence electrons. The highest BCUT2D eigenvalue weighted by Gasteiger charge is 2.46. The molecule has 1 saturated heterocycles. The molecule has 0 radical (unpaired) electrons. The summed E-state index contributed by atoms with van der Waals surface area (Å²) in [6.07, 6.45) is 2.56. The number of para-hydroxylation sites is 1. The van der Waals surface area contributed by atoms with Gasteiger partial charge in [-0.1, -0.05) is 18.2 Å². The van der Waals surface area contributed by atoms with Crippen LogP contribution in [0.15, 0.2) is 34.9 Å². The summed E-state index contributed by atoms with van der Waals surface area (Å²) >= 11 is 0. The van der Waals surface area contributed by atoms with Crippen molar-refractivity contribution in [1.82, 2.24) is 9.88 Å². The number of carbonyl (C=O) groups excluding carboxylic acids is 1. The summed E-state index contributed by atoms with van der Waals surface area (Å²) in [5.74, 6) is 0.758. The lowest BCUT2D eigenvalue weighted by Gasteiger charge is -2.23. The molecule has 2 aliphatic rings. The van der Waals surface area contributed by atoms with Crippen molar-refractivity contribution < 1.29 is 9.21 Å². The number of anilines is 1. The Morgan fingerprint density at radius 1 is 1.43 bits per heavy atom. The van der Waals surface area contributed by atoms with Gasteiger partial charge in [0, 0.05) is 30.7 Å². The van der Waals surface area contributed by atoms with E-state index in [1.54, 1.807) is 13.1 Å². The lowest BCUT2D eigenvalue weighted by atomic mass is 9.82. The Balaban J connectivity index is 1.60. The monoisotopic (exact) mass is 283 g/mol. The second-order valence-electron chi connectivity index (χ2n) is 5.93. The molecule has 21 heavy (non-hydrogen) atoms. The van der Waals surface area contributed by atoms with E-state index >= 15 is 0 Å². The van der Waals surface area contributed by atoms with Crippen molar-refractivity contribution in [3.8, 4) is 0 Å². The molecule has 5 nitrogen and oxygen atoms in total. The van der Waals surface area contributed by atoms with Crippen LogP contribution in [-0.2, 0) is 5.41 Å². The van der Waals surface area contributed by atoms with Crippen molar-refractivity contribution in [2.75, 3.05) is 25.0 Å². The van der Waals surface area contributed by atoms with Crippen molar-refractivity contribution in [3.63, 3.8) is 0 Å². The van der Waals surface area contributed by atoms with Gasteiger partial charge >= 0.3 is 5.91 Å². The molecule has 3 heterocycles. The van der Waals surface area contributed by atoms with E-state index in [1.807, 2.05) is 11.0 Å². The number of aromatic nitrogens is 1. The fourth-order valence-electron chi connectivity index (χ4n) is 3.46. The molecule has 1 aromatic carbocycles. The van der Waals surface area contributed by atoms with Crippen molar-refractivity contribution >= 4 is 11.6 Å². The summed E-state index contributed by atoms with van der Waals surface area (Å²) in [6.45, 7) is 4.15. The van der Waals surface area contributed by atoms with E-state index in [2.05, 4.69) is 28.5 Å². The summed E-state index contributed by atoms with van der Waals surface area (Å²) < 4.78 is 5.36. The van der Waals surface area contributed by atoms with E-state index in [1.165, 1.54) is 11.3 Å². The number of fused-ring (bicyclic) bond motifs is 2. The smallest absolute Gasteiger partial charge is 0.309 e. The molecule has 1 aromatic heterocycles. The minimum absolute atomic E-state index is 0.0356. The van der Waals surface area contributed by atoms with Crippen LogP contribution in [-0.4, -0.2) is 35.4 Å². The topological polar surface area (TPSA) is 58.4 Å². The molecule has 0 saturated carbocycles. The van der Waals surface area contributed by atoms with E-state index in [0.717, 1.165) is 26.1 Å². The minimum atomic E-state index is -0.107. The molecule has 1 spiro atoms. The van der Waals surface area contributed by atoms with Crippen LogP contribution in [0.5, 0.6) is 0 Å². The van der Waals surface area contributed by atoms with Gasteiger partial charge in [-0.05, 0) is 25.0 Å². The number of hydrogen-bond acceptors (Lipinski definition) is 4. The summed E-state index contributed by atoms with van der Waals surface area (Å²) in [5, 5.41) is 3.46. The van der Waals surface area contributed by atoms with Crippen LogP contribution in [0.4, 0.5) is 5.69 Å². The number of aryl methyl sites for hydroxylation is 1. The predicted octanol–water partition coefficient (Wildman–Crippen LogP) is 2.19. The second-order valence-corrected chi connectivity index (χ2v) is 5.93. The molecule has 0 aliphatic carbocycles. The van der Waals surface area contributed by atoms with Crippen LogP contribution in [0.3, 0.4) is 0 Å². The Morgan fingerprint density at radius 2 is 2.29 bits per heavy atom. The normalized spacial score (nSPS) is 23.4. The van der Waals surface area contributed by atoms with Crippen LogP contribution in [0.2, 0.25) is 0 Å². The number of oxazole rings is 1. The van der Waals surface area contributed by atoms with Gasteiger partial charge in [-0.25, -0.2) is 4.98 Å². The predicted molar refractivity (Wildman–Crippen MR) is 78.4 cm³/mol. The summed E-state index contributed by atoms with van der Waals surface area (Å²) in [7, 11) is 0. The van der Waals surface area contributed by atoms with E-state index < -0.39 is 0 Å². The highest BCUT2D eigenvalue weighted by molar-refractivity contribution is 5.90. The maximum atomic E-state index is 12.5. The van der Waals surface area contributed by atoms with Crippen LogP contribution >= 0.6 is 0 Å². The van der Waals surface area contributed by atoms with Crippen LogP contribution in [0, 0.1) is 6.92 Å². The Morgan fingerprint density at radius 3 is 3.10 bits per heavy atom. The molecule has 1 fully saturated rings. The molecule has 4 rings (SSSR count). The maximum absolute atomic E-state index is 12.5. The number of rotatable bonds is 1. The quantitative estimate of drug-likeness (QED) is 0.871. The average Bonchev–Trinajstić information content (AvgIpc) is 3.20. The number of hydrogen-bond donors (Lipinski definition) is 1. The van der Waals surface area contributed by atoms with Crippen molar-refractivity contribution in [3.05, 3.63) is 47.7 Å². The first-order valence-electron chi connectivity index (χ1n) is 7.23. The molecule has 5 heteroatoms. The Labute approximate surface area is 123 Å². The van der Waals surface area contributed by atoms with Gasteiger partial charge in [0.2, 0.25) is 0 Å². The maximum Gasteiger partial charge on any atom is 0.309 e. The fourth-order valence-corrected chi connectivity index (χ4v) is 3.46. The third kappa shape index (κ3) is 1.84. The van der Waals surface area contributed by atoms with Gasteiger partial charge in [0.1, 0.15) is 5.76 Å². The minimum Gasteiger partial charge on any atom is -0.438 e. The van der Waals surface area contributed by atoms with Crippen LogP contribution in [0.25, 0.3) is 0 Å². The highest BCUT2D eigenvalue weighted by Crippen LogP contribution is 2.43. The molecule has 2 aliphatic heterocycles. The summed E-state index contributed by atoms with van der Waals surface area (Å²) in [4.78, 5) is 18.4. The van der Waals surface area contributed by atoms with E-state index in [-0.39, 0.29) is 17.2 Å². The molecule has 0 bridgehead atoms. The number of nitrogens with zero attached hydrogens (tertiary/aromatic N) is 2. The Kier molecular flexibility index (Phi) is 2.58. The zero-order valence-electron chi connectivity index (χ0n) is 11.9. The van der Waals surface area contributed by atoms with Gasteiger partial charge in [0.25, 0.3) is 5.89 Å². The zero-order valence-corrected chi connectivity index (χ0v) is 11.9. The molecule has 1 atom stereocenters. The summed E-state index contributed by atoms with van der Waals surface area (Å²) in [6, 6.07) is 8.37. The largest absolute Gasteiger partial charge is 0.438 e. The van der Waals surface area contributed by atoms with E-state index in [9.17, 15) is 4.79 Å². The van der Waals surface area contributed by atoms with Crippen molar-refractivity contribution in [1.29, 1.82) is 0 Å². The first-order valence-corrected chi connectivity index (χ1v) is 7.23. The van der Waals surface area contributed by atoms with Crippen molar-refractivity contribution in [2.24, 2.45) is 0 Å². The van der Waals surface area contributed by atoms with Crippen LogP contribution < -0.4 is 5.32 Å². The molecular weight excluding hydrogens is 266 g/mol. The van der Waals surface area contributed by atoms with Gasteiger partial charge in [-0.15, -0.1) is 0 Å². The van der Waals surface area contributed by atoms with Gasteiger partial charge < -0.3 is 14.6 Å². The Hall–Kier alpha value is -2.30. The second kappa shape index (κ2) is 4.35. The zero-order chi connectivity index (χ0) is 14.4. The van der Waals surface area contributed by atoms with Crippen LogP contribution in [0.1, 0.15) is 28.4 Å². The Bertz CT molecular complexity index is 709. The van der Waals surface area contributed by atoms with Gasteiger partial charge in [-0.3, -0.25) is 4.79 Å². The summed E-state index contributed by atoms with van der Waals surface area (Å²) in [5.41, 5.74) is 2.55. The third-order valence-corrected chi connectivity index (χ3v) is 4.56. The number of benzene rings is 1. The molecule has 1 N–H and O–H groups in total. The number of nitrogens with one attached hydrogen (secondary N) is 1. The number of carbonyl (C=O) groups is 1. The molecule has 1 unspecified atom stereocenters. The first-order chi connectivity index (χ1) is 10.2.